The highest BCUT2D eigenvalue weighted by Crippen LogP contribution is 2.26. The molecule has 0 amide bonds. The molecule has 1 N–H and O–H groups in total. The van der Waals surface area contributed by atoms with Gasteiger partial charge < -0.3 is 5.11 Å². The van der Waals surface area contributed by atoms with E-state index in [0.717, 1.165) is 22.6 Å². The fourth-order valence-electron chi connectivity index (χ4n) is 2.18. The molecular weight excluding hydrogens is 282 g/mol. The van der Waals surface area contributed by atoms with E-state index in [2.05, 4.69) is 0 Å². The van der Waals surface area contributed by atoms with Gasteiger partial charge in [-0.05, 0) is 36.6 Å². The number of aliphatic hydroxyl groups is 1. The number of aryl methyl sites for hydroxylation is 1. The molecule has 1 fully saturated rings. The van der Waals surface area contributed by atoms with E-state index in [0.29, 0.717) is 23.5 Å². The van der Waals surface area contributed by atoms with Crippen LogP contribution in [0.2, 0.25) is 0 Å². The first kappa shape index (κ1) is 14.8. The van der Waals surface area contributed by atoms with Crippen LogP contribution in [0, 0.1) is 13.8 Å². The lowest BCUT2D eigenvalue weighted by Crippen LogP contribution is -2.38. The summed E-state index contributed by atoms with van der Waals surface area (Å²) in [6.07, 6.45) is 0. The van der Waals surface area contributed by atoms with Crippen molar-refractivity contribution in [2.24, 2.45) is 0 Å². The molecule has 0 radical (unpaired) electrons. The van der Waals surface area contributed by atoms with Gasteiger partial charge in [0.2, 0.25) is 10.0 Å². The van der Waals surface area contributed by atoms with Crippen LogP contribution in [0.4, 0.5) is 0 Å². The van der Waals surface area contributed by atoms with E-state index < -0.39 is 10.0 Å². The Morgan fingerprint density at radius 1 is 1.26 bits per heavy atom. The average Bonchev–Trinajstić information content (AvgIpc) is 2.42. The smallest absolute Gasteiger partial charge is 0.243 e. The monoisotopic (exact) mass is 301 g/mol. The minimum absolute atomic E-state index is 0.139. The predicted molar refractivity (Wildman–Crippen MR) is 77.9 cm³/mol. The maximum Gasteiger partial charge on any atom is 0.243 e. The van der Waals surface area contributed by atoms with Crippen molar-refractivity contribution in [3.05, 3.63) is 28.8 Å². The summed E-state index contributed by atoms with van der Waals surface area (Å²) in [5, 5.41) is 9.24. The molecular formula is C13H19NO3S2. The van der Waals surface area contributed by atoms with E-state index in [1.807, 2.05) is 19.9 Å². The Morgan fingerprint density at radius 3 is 2.47 bits per heavy atom. The SMILES string of the molecule is Cc1cc(CO)cc(S(=O)(=O)N2CCSCC2)c1C. The van der Waals surface area contributed by atoms with Crippen molar-refractivity contribution in [1.82, 2.24) is 4.31 Å². The molecule has 19 heavy (non-hydrogen) atoms. The standard InChI is InChI=1S/C13H19NO3S2/c1-10-7-12(9-15)8-13(11(10)2)19(16,17)14-3-5-18-6-4-14/h7-8,15H,3-6,9H2,1-2H3. The summed E-state index contributed by atoms with van der Waals surface area (Å²) in [4.78, 5) is 0.337. The number of thioether (sulfide) groups is 1. The summed E-state index contributed by atoms with van der Waals surface area (Å²) in [6.45, 7) is 4.69. The second-order valence-corrected chi connectivity index (χ2v) is 7.84. The summed E-state index contributed by atoms with van der Waals surface area (Å²) in [5.41, 5.74) is 2.32. The number of nitrogens with zero attached hydrogens (tertiary/aromatic N) is 1. The van der Waals surface area contributed by atoms with Crippen LogP contribution in [0.5, 0.6) is 0 Å². The first-order valence-electron chi connectivity index (χ1n) is 6.25. The molecule has 0 aliphatic carbocycles. The van der Waals surface area contributed by atoms with Crippen molar-refractivity contribution in [1.29, 1.82) is 0 Å². The van der Waals surface area contributed by atoms with E-state index >= 15 is 0 Å². The molecule has 1 aliphatic rings. The topological polar surface area (TPSA) is 57.6 Å². The summed E-state index contributed by atoms with van der Waals surface area (Å²) in [6, 6.07) is 3.43. The van der Waals surface area contributed by atoms with Crippen molar-refractivity contribution >= 4 is 21.8 Å². The van der Waals surface area contributed by atoms with Crippen molar-refractivity contribution in [2.45, 2.75) is 25.3 Å². The number of hydrogen-bond donors (Lipinski definition) is 1. The molecule has 1 saturated heterocycles. The second kappa shape index (κ2) is 5.83. The molecule has 4 nitrogen and oxygen atoms in total. The zero-order valence-electron chi connectivity index (χ0n) is 11.2. The van der Waals surface area contributed by atoms with Gasteiger partial charge in [-0.3, -0.25) is 0 Å². The van der Waals surface area contributed by atoms with Crippen LogP contribution in [-0.4, -0.2) is 42.4 Å². The summed E-state index contributed by atoms with van der Waals surface area (Å²) < 4.78 is 26.9. The van der Waals surface area contributed by atoms with Crippen LogP contribution in [0.25, 0.3) is 0 Å². The maximum absolute atomic E-state index is 12.7. The number of benzene rings is 1. The molecule has 6 heteroatoms. The first-order chi connectivity index (χ1) is 8.96. The van der Waals surface area contributed by atoms with Gasteiger partial charge in [-0.25, -0.2) is 8.42 Å². The summed E-state index contributed by atoms with van der Waals surface area (Å²) >= 11 is 1.78. The number of rotatable bonds is 3. The zero-order valence-corrected chi connectivity index (χ0v) is 12.9. The molecule has 1 aliphatic heterocycles. The highest BCUT2D eigenvalue weighted by molar-refractivity contribution is 7.99. The molecule has 0 unspecified atom stereocenters. The van der Waals surface area contributed by atoms with Gasteiger partial charge in [0.1, 0.15) is 0 Å². The quantitative estimate of drug-likeness (QED) is 0.920. The van der Waals surface area contributed by atoms with Crippen molar-refractivity contribution in [3.8, 4) is 0 Å². The Morgan fingerprint density at radius 2 is 1.89 bits per heavy atom. The lowest BCUT2D eigenvalue weighted by Gasteiger charge is -2.26. The van der Waals surface area contributed by atoms with Crippen LogP contribution < -0.4 is 0 Å². The Labute approximate surface area is 118 Å². The third-order valence-corrected chi connectivity index (χ3v) is 6.42. The lowest BCUT2D eigenvalue weighted by atomic mass is 10.1. The van der Waals surface area contributed by atoms with E-state index in [1.165, 1.54) is 0 Å². The van der Waals surface area contributed by atoms with Gasteiger partial charge in [-0.2, -0.15) is 16.1 Å². The highest BCUT2D eigenvalue weighted by Gasteiger charge is 2.28. The maximum atomic E-state index is 12.7. The average molecular weight is 301 g/mol. The van der Waals surface area contributed by atoms with E-state index in [4.69, 9.17) is 0 Å². The van der Waals surface area contributed by atoms with Gasteiger partial charge in [0.15, 0.2) is 0 Å². The molecule has 0 bridgehead atoms. The fraction of sp³-hybridized carbons (Fsp3) is 0.538. The van der Waals surface area contributed by atoms with Crippen LogP contribution in [0.15, 0.2) is 17.0 Å². The molecule has 1 aromatic carbocycles. The first-order valence-corrected chi connectivity index (χ1v) is 8.85. The van der Waals surface area contributed by atoms with Gasteiger partial charge in [-0.15, -0.1) is 0 Å². The molecule has 0 saturated carbocycles. The third kappa shape index (κ3) is 2.97. The minimum atomic E-state index is -3.44. The van der Waals surface area contributed by atoms with Gasteiger partial charge in [-0.1, -0.05) is 6.07 Å². The summed E-state index contributed by atoms with van der Waals surface area (Å²) in [5.74, 6) is 1.69. The predicted octanol–water partition coefficient (Wildman–Crippen LogP) is 1.53. The van der Waals surface area contributed by atoms with Gasteiger partial charge in [0.05, 0.1) is 11.5 Å². The second-order valence-electron chi connectivity index (χ2n) is 4.71. The third-order valence-electron chi connectivity index (χ3n) is 3.45. The summed E-state index contributed by atoms with van der Waals surface area (Å²) in [7, 11) is -3.44. The molecule has 1 heterocycles. The Balaban J connectivity index is 2.47. The number of sulfonamides is 1. The van der Waals surface area contributed by atoms with Crippen LogP contribution in [0.1, 0.15) is 16.7 Å². The van der Waals surface area contributed by atoms with Gasteiger partial charge >= 0.3 is 0 Å². The van der Waals surface area contributed by atoms with Gasteiger partial charge in [0.25, 0.3) is 0 Å². The fourth-order valence-corrected chi connectivity index (χ4v) is 5.11. The van der Waals surface area contributed by atoms with E-state index in [-0.39, 0.29) is 6.61 Å². The molecule has 0 atom stereocenters. The van der Waals surface area contributed by atoms with Crippen molar-refractivity contribution in [3.63, 3.8) is 0 Å². The minimum Gasteiger partial charge on any atom is -0.392 e. The Bertz CT molecular complexity index is 563. The van der Waals surface area contributed by atoms with Crippen LogP contribution in [-0.2, 0) is 16.6 Å². The molecule has 1 aromatic rings. The molecule has 106 valence electrons. The largest absolute Gasteiger partial charge is 0.392 e. The zero-order chi connectivity index (χ0) is 14.0. The Hall–Kier alpha value is -0.560. The van der Waals surface area contributed by atoms with Gasteiger partial charge in [0, 0.05) is 24.6 Å². The van der Waals surface area contributed by atoms with Crippen molar-refractivity contribution < 1.29 is 13.5 Å². The van der Waals surface area contributed by atoms with Crippen LogP contribution >= 0.6 is 11.8 Å². The number of hydrogen-bond acceptors (Lipinski definition) is 4. The molecule has 0 spiro atoms. The van der Waals surface area contributed by atoms with E-state index in [1.54, 1.807) is 22.1 Å². The van der Waals surface area contributed by atoms with Crippen molar-refractivity contribution in [2.75, 3.05) is 24.6 Å². The molecule has 0 aromatic heterocycles. The Kier molecular flexibility index (Phi) is 4.55. The van der Waals surface area contributed by atoms with Crippen LogP contribution in [0.3, 0.4) is 0 Å². The van der Waals surface area contributed by atoms with E-state index in [9.17, 15) is 13.5 Å². The normalized spacial score (nSPS) is 17.6. The molecule has 2 rings (SSSR count). The number of aliphatic hydroxyl groups excluding tert-OH is 1. The lowest BCUT2D eigenvalue weighted by molar-refractivity contribution is 0.281. The highest BCUT2D eigenvalue weighted by atomic mass is 32.2.